The van der Waals surface area contributed by atoms with Gasteiger partial charge >= 0.3 is 0 Å². The van der Waals surface area contributed by atoms with Crippen LogP contribution in [-0.2, 0) is 13.6 Å². The lowest BCUT2D eigenvalue weighted by molar-refractivity contribution is 0.193. The lowest BCUT2D eigenvalue weighted by atomic mass is 9.97. The number of nitrogens with one attached hydrogen (secondary N) is 1. The second-order valence-corrected chi connectivity index (χ2v) is 5.87. The summed E-state index contributed by atoms with van der Waals surface area (Å²) in [5.41, 5.74) is 0. The second kappa shape index (κ2) is 7.27. The summed E-state index contributed by atoms with van der Waals surface area (Å²) in [6, 6.07) is 0. The molecule has 19 heavy (non-hydrogen) atoms. The van der Waals surface area contributed by atoms with E-state index in [1.807, 2.05) is 11.6 Å². The summed E-state index contributed by atoms with van der Waals surface area (Å²) in [6.45, 7) is 7.79. The number of hydrogen-bond acceptors (Lipinski definition) is 3. The highest BCUT2D eigenvalue weighted by atomic mass is 35.5. The summed E-state index contributed by atoms with van der Waals surface area (Å²) in [4.78, 5) is 6.93. The van der Waals surface area contributed by atoms with Crippen molar-refractivity contribution < 1.29 is 0 Å². The summed E-state index contributed by atoms with van der Waals surface area (Å²) in [5, 5.41) is 4.15. The molecule has 1 aliphatic rings. The molecule has 0 spiro atoms. The van der Waals surface area contributed by atoms with Crippen LogP contribution in [0.1, 0.15) is 32.0 Å². The molecule has 2 heterocycles. The molecular formula is C14H25ClN4. The molecule has 0 atom stereocenters. The molecule has 5 heteroatoms. The predicted octanol–water partition coefficient (Wildman–Crippen LogP) is 2.29. The van der Waals surface area contributed by atoms with Crippen LogP contribution >= 0.6 is 11.6 Å². The smallest absolute Gasteiger partial charge is 0.128 e. The van der Waals surface area contributed by atoms with E-state index in [1.165, 1.54) is 38.9 Å². The van der Waals surface area contributed by atoms with E-state index >= 15 is 0 Å². The molecule has 4 nitrogen and oxygen atoms in total. The van der Waals surface area contributed by atoms with E-state index in [0.717, 1.165) is 24.8 Å². The maximum atomic E-state index is 6.06. The summed E-state index contributed by atoms with van der Waals surface area (Å²) in [5.74, 6) is 1.89. The van der Waals surface area contributed by atoms with E-state index in [4.69, 9.17) is 11.6 Å². The second-order valence-electron chi connectivity index (χ2n) is 5.48. The van der Waals surface area contributed by atoms with Gasteiger partial charge in [0.1, 0.15) is 11.0 Å². The maximum Gasteiger partial charge on any atom is 0.128 e. The highest BCUT2D eigenvalue weighted by Gasteiger charge is 2.18. The molecule has 1 fully saturated rings. The average Bonchev–Trinajstić information content (AvgIpc) is 2.72. The monoisotopic (exact) mass is 284 g/mol. The van der Waals surface area contributed by atoms with Gasteiger partial charge in [-0.3, -0.25) is 4.90 Å². The Bertz CT molecular complexity index is 385. The summed E-state index contributed by atoms with van der Waals surface area (Å²) in [7, 11) is 1.99. The third kappa shape index (κ3) is 4.20. The van der Waals surface area contributed by atoms with Gasteiger partial charge in [0, 0.05) is 13.6 Å². The molecule has 1 aromatic rings. The zero-order valence-corrected chi connectivity index (χ0v) is 12.8. The van der Waals surface area contributed by atoms with Crippen molar-refractivity contribution in [2.75, 3.05) is 26.2 Å². The summed E-state index contributed by atoms with van der Waals surface area (Å²) < 4.78 is 1.98. The van der Waals surface area contributed by atoms with E-state index in [0.29, 0.717) is 5.15 Å². The van der Waals surface area contributed by atoms with Gasteiger partial charge in [-0.25, -0.2) is 4.98 Å². The fourth-order valence-electron chi connectivity index (χ4n) is 2.75. The summed E-state index contributed by atoms with van der Waals surface area (Å²) >= 11 is 6.06. The first-order chi connectivity index (χ1) is 9.20. The Labute approximate surface area is 121 Å². The first kappa shape index (κ1) is 14.8. The Kier molecular flexibility index (Phi) is 5.67. The van der Waals surface area contributed by atoms with Crippen LogP contribution in [0.4, 0.5) is 0 Å². The lowest BCUT2D eigenvalue weighted by Gasteiger charge is -2.29. The van der Waals surface area contributed by atoms with Crippen molar-refractivity contribution in [3.8, 4) is 0 Å². The molecule has 0 radical (unpaired) electrons. The minimum atomic E-state index is 0.716. The van der Waals surface area contributed by atoms with E-state index in [9.17, 15) is 0 Å². The minimum Gasteiger partial charge on any atom is -0.321 e. The number of piperidine rings is 1. The van der Waals surface area contributed by atoms with Crippen molar-refractivity contribution >= 4 is 11.6 Å². The molecular weight excluding hydrogens is 260 g/mol. The van der Waals surface area contributed by atoms with Gasteiger partial charge in [0.05, 0.1) is 12.7 Å². The lowest BCUT2D eigenvalue weighted by Crippen LogP contribution is -2.36. The van der Waals surface area contributed by atoms with Crippen LogP contribution in [-0.4, -0.2) is 40.6 Å². The van der Waals surface area contributed by atoms with Gasteiger partial charge in [0.2, 0.25) is 0 Å². The van der Waals surface area contributed by atoms with Crippen molar-refractivity contribution in [3.63, 3.8) is 0 Å². The number of imidazole rings is 1. The van der Waals surface area contributed by atoms with Crippen molar-refractivity contribution in [3.05, 3.63) is 17.2 Å². The van der Waals surface area contributed by atoms with Crippen LogP contribution in [0.3, 0.4) is 0 Å². The van der Waals surface area contributed by atoms with Crippen LogP contribution in [0.25, 0.3) is 0 Å². The van der Waals surface area contributed by atoms with E-state index in [2.05, 4.69) is 22.1 Å². The molecule has 0 aliphatic carbocycles. The van der Waals surface area contributed by atoms with Crippen molar-refractivity contribution in [1.82, 2.24) is 19.8 Å². The van der Waals surface area contributed by atoms with E-state index in [1.54, 1.807) is 6.20 Å². The maximum absolute atomic E-state index is 6.06. The van der Waals surface area contributed by atoms with Gasteiger partial charge < -0.3 is 9.88 Å². The molecule has 1 aliphatic heterocycles. The van der Waals surface area contributed by atoms with Gasteiger partial charge in [-0.2, -0.15) is 0 Å². The molecule has 0 saturated carbocycles. The van der Waals surface area contributed by atoms with Crippen LogP contribution in [0.15, 0.2) is 6.20 Å². The van der Waals surface area contributed by atoms with Gasteiger partial charge in [0.25, 0.3) is 0 Å². The minimum absolute atomic E-state index is 0.716. The molecule has 108 valence electrons. The number of halogens is 1. The van der Waals surface area contributed by atoms with Crippen LogP contribution in [0.2, 0.25) is 5.15 Å². The average molecular weight is 285 g/mol. The largest absolute Gasteiger partial charge is 0.321 e. The number of hydrogen-bond donors (Lipinski definition) is 1. The Morgan fingerprint density at radius 1 is 1.47 bits per heavy atom. The zero-order chi connectivity index (χ0) is 13.7. The molecule has 0 bridgehead atoms. The van der Waals surface area contributed by atoms with Gasteiger partial charge in [-0.1, -0.05) is 18.5 Å². The summed E-state index contributed by atoms with van der Waals surface area (Å²) in [6.07, 6.45) is 5.51. The van der Waals surface area contributed by atoms with Crippen molar-refractivity contribution in [2.45, 2.75) is 32.7 Å². The molecule has 1 N–H and O–H groups in total. The number of rotatable bonds is 6. The van der Waals surface area contributed by atoms with Gasteiger partial charge in [0.15, 0.2) is 0 Å². The highest BCUT2D eigenvalue weighted by molar-refractivity contribution is 6.29. The zero-order valence-electron chi connectivity index (χ0n) is 12.0. The van der Waals surface area contributed by atoms with Gasteiger partial charge in [-0.05, 0) is 44.8 Å². The van der Waals surface area contributed by atoms with Crippen molar-refractivity contribution in [1.29, 1.82) is 0 Å². The molecule has 1 saturated heterocycles. The van der Waals surface area contributed by atoms with E-state index in [-0.39, 0.29) is 0 Å². The molecule has 0 amide bonds. The molecule has 0 aromatic carbocycles. The number of aromatic nitrogens is 2. The standard InChI is InChI=1S/C14H25ClN4/c1-3-8-19(10-12-4-6-16-7-5-12)11-14-17-9-13(15)18(14)2/h9,12,16H,3-8,10-11H2,1-2H3. The normalized spacial score (nSPS) is 17.3. The Morgan fingerprint density at radius 3 is 2.79 bits per heavy atom. The fourth-order valence-corrected chi connectivity index (χ4v) is 2.90. The Balaban J connectivity index is 1.93. The number of nitrogens with zero attached hydrogens (tertiary/aromatic N) is 3. The van der Waals surface area contributed by atoms with Gasteiger partial charge in [-0.15, -0.1) is 0 Å². The predicted molar refractivity (Wildman–Crippen MR) is 79.4 cm³/mol. The van der Waals surface area contributed by atoms with Crippen LogP contribution < -0.4 is 5.32 Å². The fraction of sp³-hybridized carbons (Fsp3) is 0.786. The third-order valence-electron chi connectivity index (χ3n) is 3.91. The highest BCUT2D eigenvalue weighted by Crippen LogP contribution is 2.16. The first-order valence-electron chi connectivity index (χ1n) is 7.30. The molecule has 0 unspecified atom stereocenters. The molecule has 1 aromatic heterocycles. The van der Waals surface area contributed by atoms with Crippen LogP contribution in [0.5, 0.6) is 0 Å². The van der Waals surface area contributed by atoms with Crippen molar-refractivity contribution in [2.24, 2.45) is 13.0 Å². The Morgan fingerprint density at radius 2 is 2.21 bits per heavy atom. The topological polar surface area (TPSA) is 33.1 Å². The third-order valence-corrected chi connectivity index (χ3v) is 4.26. The van der Waals surface area contributed by atoms with Crippen LogP contribution in [0, 0.1) is 5.92 Å². The SMILES string of the molecule is CCCN(Cc1ncc(Cl)n1C)CC1CCNCC1. The Hall–Kier alpha value is -0.580. The first-order valence-corrected chi connectivity index (χ1v) is 7.67. The molecule has 2 rings (SSSR count). The quantitative estimate of drug-likeness (QED) is 0.870. The van der Waals surface area contributed by atoms with E-state index < -0.39 is 0 Å².